The van der Waals surface area contributed by atoms with Gasteiger partial charge < -0.3 is 15.0 Å². The highest BCUT2D eigenvalue weighted by atomic mass is 16.6. The molecule has 1 aliphatic carbocycles. The monoisotopic (exact) mass is 282 g/mol. The van der Waals surface area contributed by atoms with E-state index >= 15 is 0 Å². The average molecular weight is 282 g/mol. The van der Waals surface area contributed by atoms with Gasteiger partial charge in [-0.25, -0.2) is 4.79 Å². The third-order valence-electron chi connectivity index (χ3n) is 5.26. The predicted molar refractivity (Wildman–Crippen MR) is 80.7 cm³/mol. The highest BCUT2D eigenvalue weighted by Gasteiger charge is 2.65. The molecule has 4 heteroatoms. The third-order valence-corrected chi connectivity index (χ3v) is 5.26. The Hall–Kier alpha value is -0.770. The van der Waals surface area contributed by atoms with Crippen molar-refractivity contribution in [2.24, 2.45) is 10.8 Å². The lowest BCUT2D eigenvalue weighted by Crippen LogP contribution is -2.40. The molecule has 1 heterocycles. The number of hydrogen-bond donors (Lipinski definition) is 1. The highest BCUT2D eigenvalue weighted by Crippen LogP contribution is 2.62. The second kappa shape index (κ2) is 4.62. The lowest BCUT2D eigenvalue weighted by atomic mass is 10.0. The summed E-state index contributed by atoms with van der Waals surface area (Å²) in [5, 5.41) is 3.73. The van der Waals surface area contributed by atoms with Gasteiger partial charge in [0.05, 0.1) is 0 Å². The number of carbonyl (C=O) groups excluding carboxylic acids is 1. The van der Waals surface area contributed by atoms with Crippen molar-refractivity contribution in [1.82, 2.24) is 10.2 Å². The molecule has 0 aromatic rings. The molecule has 2 aliphatic rings. The zero-order valence-electron chi connectivity index (χ0n) is 14.0. The van der Waals surface area contributed by atoms with Gasteiger partial charge in [0, 0.05) is 25.2 Å². The average Bonchev–Trinajstić information content (AvgIpc) is 2.68. The Morgan fingerprint density at radius 3 is 2.20 bits per heavy atom. The summed E-state index contributed by atoms with van der Waals surface area (Å²) in [6.07, 6.45) is 0.832. The fraction of sp³-hybridized carbons (Fsp3) is 0.938. The van der Waals surface area contributed by atoms with Crippen molar-refractivity contribution in [2.45, 2.75) is 72.6 Å². The van der Waals surface area contributed by atoms with E-state index in [2.05, 4.69) is 33.0 Å². The Balaban J connectivity index is 1.84. The number of rotatable bonds is 2. The van der Waals surface area contributed by atoms with Gasteiger partial charge in [-0.3, -0.25) is 0 Å². The maximum Gasteiger partial charge on any atom is 0.410 e. The number of hydrogen-bond acceptors (Lipinski definition) is 3. The first kappa shape index (κ1) is 15.6. The Kier molecular flexibility index (Phi) is 3.61. The van der Waals surface area contributed by atoms with E-state index in [0.717, 1.165) is 19.5 Å². The van der Waals surface area contributed by atoms with E-state index in [1.807, 2.05) is 25.7 Å². The zero-order chi connectivity index (χ0) is 15.3. The van der Waals surface area contributed by atoms with Crippen LogP contribution in [0.25, 0.3) is 0 Å². The van der Waals surface area contributed by atoms with E-state index < -0.39 is 5.60 Å². The topological polar surface area (TPSA) is 41.6 Å². The normalized spacial score (nSPS) is 28.6. The summed E-state index contributed by atoms with van der Waals surface area (Å²) in [5.41, 5.74) is 0.266. The zero-order valence-corrected chi connectivity index (χ0v) is 14.0. The molecule has 2 fully saturated rings. The van der Waals surface area contributed by atoms with Gasteiger partial charge in [0.2, 0.25) is 0 Å². The summed E-state index contributed by atoms with van der Waals surface area (Å²) in [6, 6.07) is 0.937. The largest absolute Gasteiger partial charge is 0.444 e. The van der Waals surface area contributed by atoms with Crippen LogP contribution in [0.15, 0.2) is 0 Å². The van der Waals surface area contributed by atoms with Crippen molar-refractivity contribution in [3.63, 3.8) is 0 Å². The Labute approximate surface area is 123 Å². The maximum atomic E-state index is 12.0. The second-order valence-electron chi connectivity index (χ2n) is 8.46. The Morgan fingerprint density at radius 2 is 1.75 bits per heavy atom. The van der Waals surface area contributed by atoms with Crippen molar-refractivity contribution in [1.29, 1.82) is 0 Å². The van der Waals surface area contributed by atoms with Gasteiger partial charge in [0.15, 0.2) is 0 Å². The molecule has 0 radical (unpaired) electrons. The van der Waals surface area contributed by atoms with Crippen LogP contribution in [0.5, 0.6) is 0 Å². The highest BCUT2D eigenvalue weighted by molar-refractivity contribution is 5.68. The van der Waals surface area contributed by atoms with Crippen LogP contribution >= 0.6 is 0 Å². The molecule has 2 rings (SSSR count). The summed E-state index contributed by atoms with van der Waals surface area (Å²) in [6.45, 7) is 16.5. The molecule has 1 saturated carbocycles. The van der Waals surface area contributed by atoms with Crippen LogP contribution < -0.4 is 5.32 Å². The molecule has 1 amide bonds. The van der Waals surface area contributed by atoms with Gasteiger partial charge in [-0.2, -0.15) is 0 Å². The Morgan fingerprint density at radius 1 is 1.20 bits per heavy atom. The molecule has 20 heavy (non-hydrogen) atoms. The van der Waals surface area contributed by atoms with Crippen molar-refractivity contribution in [3.05, 3.63) is 0 Å². The van der Waals surface area contributed by atoms with Gasteiger partial charge in [0.25, 0.3) is 0 Å². The molecule has 1 aliphatic heterocycles. The van der Waals surface area contributed by atoms with Crippen LogP contribution in [0.1, 0.15) is 54.9 Å². The van der Waals surface area contributed by atoms with E-state index in [9.17, 15) is 4.79 Å². The van der Waals surface area contributed by atoms with E-state index in [0.29, 0.717) is 22.9 Å². The minimum absolute atomic E-state index is 0.184. The van der Waals surface area contributed by atoms with E-state index in [1.165, 1.54) is 0 Å². The molecule has 0 spiro atoms. The number of amides is 1. The summed E-state index contributed by atoms with van der Waals surface area (Å²) in [4.78, 5) is 13.9. The molecule has 0 bridgehead atoms. The Bertz CT molecular complexity index is 382. The number of ether oxygens (including phenoxy) is 1. The molecule has 1 unspecified atom stereocenters. The number of nitrogens with one attached hydrogen (secondary N) is 1. The van der Waals surface area contributed by atoms with Crippen LogP contribution in [0.2, 0.25) is 0 Å². The minimum atomic E-state index is -0.414. The number of nitrogens with zero attached hydrogens (tertiary/aromatic N) is 1. The molecular weight excluding hydrogens is 252 g/mol. The van der Waals surface area contributed by atoms with Gasteiger partial charge in [-0.05, 0) is 38.0 Å². The fourth-order valence-electron chi connectivity index (χ4n) is 3.24. The molecule has 0 aromatic heterocycles. The summed E-state index contributed by atoms with van der Waals surface area (Å²) >= 11 is 0. The van der Waals surface area contributed by atoms with Crippen molar-refractivity contribution in [3.8, 4) is 0 Å². The van der Waals surface area contributed by atoms with Crippen LogP contribution in [-0.2, 0) is 4.74 Å². The van der Waals surface area contributed by atoms with E-state index in [4.69, 9.17) is 4.74 Å². The minimum Gasteiger partial charge on any atom is -0.444 e. The lowest BCUT2D eigenvalue weighted by Gasteiger charge is -2.24. The molecule has 1 atom stereocenters. The quantitative estimate of drug-likeness (QED) is 0.846. The van der Waals surface area contributed by atoms with Crippen LogP contribution in [-0.4, -0.2) is 41.8 Å². The lowest BCUT2D eigenvalue weighted by molar-refractivity contribution is 0.0290. The first-order chi connectivity index (χ1) is 8.95. The second-order valence-corrected chi connectivity index (χ2v) is 8.46. The number of likely N-dealkylation sites (tertiary alicyclic amines) is 1. The predicted octanol–water partition coefficient (Wildman–Crippen LogP) is 3.02. The van der Waals surface area contributed by atoms with Crippen LogP contribution in [0.3, 0.4) is 0 Å². The van der Waals surface area contributed by atoms with E-state index in [-0.39, 0.29) is 6.09 Å². The molecular formula is C16H30N2O2. The molecule has 1 N–H and O–H groups in total. The summed E-state index contributed by atoms with van der Waals surface area (Å²) in [7, 11) is 0. The van der Waals surface area contributed by atoms with Crippen molar-refractivity contribution < 1.29 is 9.53 Å². The first-order valence-corrected chi connectivity index (χ1v) is 7.69. The van der Waals surface area contributed by atoms with Gasteiger partial charge in [-0.1, -0.05) is 27.7 Å². The SMILES string of the molecule is CC(C)(C)OC(=O)N1CCC(NC2C(C)(C)C2(C)C)C1. The molecule has 1 saturated heterocycles. The van der Waals surface area contributed by atoms with Gasteiger partial charge in [-0.15, -0.1) is 0 Å². The molecule has 0 aromatic carbocycles. The fourth-order valence-corrected chi connectivity index (χ4v) is 3.24. The smallest absolute Gasteiger partial charge is 0.410 e. The van der Waals surface area contributed by atoms with E-state index in [1.54, 1.807) is 0 Å². The van der Waals surface area contributed by atoms with Gasteiger partial charge >= 0.3 is 6.09 Å². The number of carbonyl (C=O) groups is 1. The first-order valence-electron chi connectivity index (χ1n) is 7.69. The third kappa shape index (κ3) is 2.80. The van der Waals surface area contributed by atoms with Gasteiger partial charge in [0.1, 0.15) is 5.60 Å². The molecule has 4 nitrogen and oxygen atoms in total. The summed E-state index contributed by atoms with van der Waals surface area (Å²) in [5.74, 6) is 0. The molecule has 116 valence electrons. The van der Waals surface area contributed by atoms with Crippen LogP contribution in [0, 0.1) is 10.8 Å². The van der Waals surface area contributed by atoms with Crippen molar-refractivity contribution >= 4 is 6.09 Å². The summed E-state index contributed by atoms with van der Waals surface area (Å²) < 4.78 is 5.43. The van der Waals surface area contributed by atoms with Crippen LogP contribution in [0.4, 0.5) is 4.79 Å². The van der Waals surface area contributed by atoms with Crippen molar-refractivity contribution in [2.75, 3.05) is 13.1 Å². The standard InChI is InChI=1S/C16H30N2O2/c1-14(2,3)20-13(19)18-9-8-11(10-18)17-12-15(4,5)16(12,6)7/h11-12,17H,8-10H2,1-7H3. The maximum absolute atomic E-state index is 12.0.